The minimum absolute atomic E-state index is 0.151. The number of unbranched alkanes of at least 4 members (excludes halogenated alkanes) is 1. The van der Waals surface area contributed by atoms with Crippen LogP contribution in [0.5, 0.6) is 0 Å². The summed E-state index contributed by atoms with van der Waals surface area (Å²) in [4.78, 5) is 12.6. The van der Waals surface area contributed by atoms with E-state index in [0.717, 1.165) is 4.88 Å². The van der Waals surface area contributed by atoms with Gasteiger partial charge in [-0.15, -0.1) is 11.3 Å². The van der Waals surface area contributed by atoms with Crippen molar-refractivity contribution >= 4 is 24.7 Å². The molecule has 1 aromatic heterocycles. The number of carbonyl (C=O) groups excluding carboxylic acids is 1. The van der Waals surface area contributed by atoms with Gasteiger partial charge in [-0.05, 0) is 38.1 Å². The van der Waals surface area contributed by atoms with Crippen molar-refractivity contribution in [1.29, 1.82) is 0 Å². The van der Waals surface area contributed by atoms with E-state index in [9.17, 15) is 9.36 Å². The Morgan fingerprint density at radius 1 is 1.26 bits per heavy atom. The Kier molecular flexibility index (Phi) is 7.54. The second-order valence-electron chi connectivity index (χ2n) is 4.03. The van der Waals surface area contributed by atoms with Crippen LogP contribution in [-0.4, -0.2) is 25.2 Å². The van der Waals surface area contributed by atoms with E-state index >= 15 is 0 Å². The molecular formula is C13H21O4PS. The molecule has 0 aliphatic heterocycles. The summed E-state index contributed by atoms with van der Waals surface area (Å²) in [5.74, 6) is 0.151. The molecule has 0 bridgehead atoms. The highest BCUT2D eigenvalue weighted by molar-refractivity contribution is 7.53. The average molecular weight is 304 g/mol. The molecule has 0 radical (unpaired) electrons. The third-order valence-corrected chi connectivity index (χ3v) is 5.61. The first kappa shape index (κ1) is 16.6. The number of Topliss-reactive ketones (excluding diaryl/α,β-unsaturated/α-hetero) is 1. The molecule has 0 N–H and O–H groups in total. The largest absolute Gasteiger partial charge is 0.330 e. The van der Waals surface area contributed by atoms with E-state index < -0.39 is 7.60 Å². The van der Waals surface area contributed by atoms with Gasteiger partial charge in [-0.1, -0.05) is 6.07 Å². The standard InChI is InChI=1S/C13H21O4PS/c1-3-16-18(15,17-4-2)10-6-5-8-12(14)13-9-7-11-19-13/h7,9,11H,3-6,8,10H2,1-2H3. The Morgan fingerprint density at radius 2 is 1.95 bits per heavy atom. The van der Waals surface area contributed by atoms with Gasteiger partial charge in [0.1, 0.15) is 0 Å². The van der Waals surface area contributed by atoms with Crippen LogP contribution in [0.1, 0.15) is 42.8 Å². The molecule has 6 heteroatoms. The molecule has 0 atom stereocenters. The van der Waals surface area contributed by atoms with Gasteiger partial charge in [-0.25, -0.2) is 0 Å². The van der Waals surface area contributed by atoms with Gasteiger partial charge in [-0.2, -0.15) is 0 Å². The first-order valence-electron chi connectivity index (χ1n) is 6.56. The van der Waals surface area contributed by atoms with Crippen LogP contribution in [0, 0.1) is 0 Å². The van der Waals surface area contributed by atoms with Crippen molar-refractivity contribution in [2.75, 3.05) is 19.4 Å². The van der Waals surface area contributed by atoms with Gasteiger partial charge in [0.05, 0.1) is 24.3 Å². The molecule has 1 rings (SSSR count). The van der Waals surface area contributed by atoms with Gasteiger partial charge in [0, 0.05) is 6.42 Å². The van der Waals surface area contributed by atoms with E-state index in [0.29, 0.717) is 38.6 Å². The summed E-state index contributed by atoms with van der Waals surface area (Å²) in [5.41, 5.74) is 0. The Labute approximate surface area is 118 Å². The molecule has 1 heterocycles. The van der Waals surface area contributed by atoms with E-state index in [1.54, 1.807) is 13.8 Å². The lowest BCUT2D eigenvalue weighted by Gasteiger charge is -2.16. The minimum Gasteiger partial charge on any atom is -0.309 e. The summed E-state index contributed by atoms with van der Waals surface area (Å²) in [6.45, 7) is 4.36. The summed E-state index contributed by atoms with van der Waals surface area (Å²) >= 11 is 1.46. The van der Waals surface area contributed by atoms with Crippen LogP contribution in [0.3, 0.4) is 0 Å². The lowest BCUT2D eigenvalue weighted by Crippen LogP contribution is -2.02. The van der Waals surface area contributed by atoms with Crippen molar-refractivity contribution in [2.45, 2.75) is 33.1 Å². The quantitative estimate of drug-likeness (QED) is 0.366. The molecule has 0 aliphatic rings. The molecule has 0 amide bonds. The molecule has 0 aromatic carbocycles. The number of hydrogen-bond acceptors (Lipinski definition) is 5. The van der Waals surface area contributed by atoms with Gasteiger partial charge < -0.3 is 9.05 Å². The molecule has 0 fully saturated rings. The maximum absolute atomic E-state index is 12.2. The van der Waals surface area contributed by atoms with Gasteiger partial charge in [0.2, 0.25) is 0 Å². The summed E-state index contributed by atoms with van der Waals surface area (Å²) in [5, 5.41) is 1.89. The molecule has 108 valence electrons. The predicted molar refractivity (Wildman–Crippen MR) is 78.2 cm³/mol. The zero-order valence-electron chi connectivity index (χ0n) is 11.5. The number of carbonyl (C=O) groups is 1. The zero-order chi connectivity index (χ0) is 14.1. The van der Waals surface area contributed by atoms with Gasteiger partial charge in [0.25, 0.3) is 0 Å². The highest BCUT2D eigenvalue weighted by Crippen LogP contribution is 2.48. The van der Waals surface area contributed by atoms with Gasteiger partial charge >= 0.3 is 7.60 Å². The van der Waals surface area contributed by atoms with Crippen molar-refractivity contribution < 1.29 is 18.4 Å². The van der Waals surface area contributed by atoms with Crippen molar-refractivity contribution in [1.82, 2.24) is 0 Å². The SMILES string of the molecule is CCOP(=O)(CCCCC(=O)c1cccs1)OCC. The summed E-state index contributed by atoms with van der Waals surface area (Å²) in [6.07, 6.45) is 2.25. The van der Waals surface area contributed by atoms with Crippen LogP contribution in [0.2, 0.25) is 0 Å². The molecule has 4 nitrogen and oxygen atoms in total. The fourth-order valence-corrected chi connectivity index (χ4v) is 4.14. The van der Waals surface area contributed by atoms with Crippen LogP contribution in [0.15, 0.2) is 17.5 Å². The fourth-order valence-electron chi connectivity index (χ4n) is 1.71. The van der Waals surface area contributed by atoms with Crippen LogP contribution in [-0.2, 0) is 13.6 Å². The van der Waals surface area contributed by atoms with E-state index in [-0.39, 0.29) is 5.78 Å². The third-order valence-electron chi connectivity index (χ3n) is 2.53. The Morgan fingerprint density at radius 3 is 2.47 bits per heavy atom. The molecule has 0 saturated carbocycles. The monoisotopic (exact) mass is 304 g/mol. The number of thiophene rings is 1. The second kappa shape index (κ2) is 8.64. The topological polar surface area (TPSA) is 52.6 Å². The smallest absolute Gasteiger partial charge is 0.309 e. The van der Waals surface area contributed by atoms with Gasteiger partial charge in [-0.3, -0.25) is 9.36 Å². The summed E-state index contributed by atoms with van der Waals surface area (Å²) in [7, 11) is -2.95. The van der Waals surface area contributed by atoms with E-state index in [2.05, 4.69) is 0 Å². The average Bonchev–Trinajstić information content (AvgIpc) is 2.89. The fraction of sp³-hybridized carbons (Fsp3) is 0.615. The molecule has 0 unspecified atom stereocenters. The highest BCUT2D eigenvalue weighted by atomic mass is 32.1. The third kappa shape index (κ3) is 6.00. The van der Waals surface area contributed by atoms with Crippen LogP contribution < -0.4 is 0 Å². The van der Waals surface area contributed by atoms with Crippen LogP contribution >= 0.6 is 18.9 Å². The molecule has 1 aromatic rings. The number of rotatable bonds is 10. The van der Waals surface area contributed by atoms with Crippen molar-refractivity contribution in [2.24, 2.45) is 0 Å². The predicted octanol–water partition coefficient (Wildman–Crippen LogP) is 4.37. The Balaban J connectivity index is 2.29. The highest BCUT2D eigenvalue weighted by Gasteiger charge is 2.22. The molecule has 0 spiro atoms. The van der Waals surface area contributed by atoms with Gasteiger partial charge in [0.15, 0.2) is 5.78 Å². The second-order valence-corrected chi connectivity index (χ2v) is 7.16. The first-order valence-corrected chi connectivity index (χ1v) is 9.17. The molecule has 0 saturated heterocycles. The summed E-state index contributed by atoms with van der Waals surface area (Å²) < 4.78 is 22.6. The molecular weight excluding hydrogens is 283 g/mol. The summed E-state index contributed by atoms with van der Waals surface area (Å²) in [6, 6.07) is 3.70. The van der Waals surface area contributed by atoms with Crippen LogP contribution in [0.4, 0.5) is 0 Å². The zero-order valence-corrected chi connectivity index (χ0v) is 13.2. The first-order chi connectivity index (χ1) is 9.11. The Bertz CT molecular complexity index is 406. The Hall–Kier alpha value is -0.480. The van der Waals surface area contributed by atoms with Crippen molar-refractivity contribution in [3.63, 3.8) is 0 Å². The van der Waals surface area contributed by atoms with Crippen LogP contribution in [0.25, 0.3) is 0 Å². The van der Waals surface area contributed by atoms with E-state index in [4.69, 9.17) is 9.05 Å². The lowest BCUT2D eigenvalue weighted by molar-refractivity contribution is 0.0983. The van der Waals surface area contributed by atoms with Crippen molar-refractivity contribution in [3.05, 3.63) is 22.4 Å². The normalized spacial score (nSPS) is 11.7. The minimum atomic E-state index is -2.95. The lowest BCUT2D eigenvalue weighted by atomic mass is 10.1. The van der Waals surface area contributed by atoms with E-state index in [1.807, 2.05) is 17.5 Å². The maximum Gasteiger partial charge on any atom is 0.330 e. The maximum atomic E-state index is 12.2. The number of ketones is 1. The van der Waals surface area contributed by atoms with Crippen molar-refractivity contribution in [3.8, 4) is 0 Å². The molecule has 0 aliphatic carbocycles. The van der Waals surface area contributed by atoms with E-state index in [1.165, 1.54) is 11.3 Å². The molecule has 19 heavy (non-hydrogen) atoms. The number of hydrogen-bond donors (Lipinski definition) is 0.